The van der Waals surface area contributed by atoms with Crippen LogP contribution in [0.2, 0.25) is 0 Å². The van der Waals surface area contributed by atoms with Crippen LogP contribution >= 0.6 is 0 Å². The number of aromatic nitrogens is 4. The summed E-state index contributed by atoms with van der Waals surface area (Å²) in [6.07, 6.45) is -0.0566. The smallest absolute Gasteiger partial charge is 0.303 e. The quantitative estimate of drug-likeness (QED) is 0.0865. The van der Waals surface area contributed by atoms with Crippen molar-refractivity contribution in [2.45, 2.75) is 79.4 Å². The zero-order chi connectivity index (χ0) is 31.9. The maximum absolute atomic E-state index is 11.6. The number of carboxylic acids is 1. The summed E-state index contributed by atoms with van der Waals surface area (Å²) >= 11 is 0. The van der Waals surface area contributed by atoms with E-state index in [-0.39, 0.29) is 13.0 Å². The molecular weight excluding hydrogens is 560 g/mol. The van der Waals surface area contributed by atoms with Crippen molar-refractivity contribution in [2.75, 3.05) is 6.61 Å². The molecule has 232 valence electrons. The second-order valence-electron chi connectivity index (χ2n) is 11.7. The largest absolute Gasteiger partial charge is 0.481 e. The van der Waals surface area contributed by atoms with Crippen LogP contribution in [0.25, 0.3) is 44.4 Å². The zero-order valence-corrected chi connectivity index (χ0v) is 26.0. The summed E-state index contributed by atoms with van der Waals surface area (Å²) in [7, 11) is 0. The summed E-state index contributed by atoms with van der Waals surface area (Å²) in [4.78, 5) is 32.9. The molecule has 5 heterocycles. The first-order valence-corrected chi connectivity index (χ1v) is 14.9. The van der Waals surface area contributed by atoms with Crippen LogP contribution in [0.5, 0.6) is 0 Å². The predicted octanol–water partition coefficient (Wildman–Crippen LogP) is 7.03. The number of carboxylic acid groups (broad SMARTS) is 1. The van der Waals surface area contributed by atoms with Crippen molar-refractivity contribution in [3.8, 4) is 0 Å². The summed E-state index contributed by atoms with van der Waals surface area (Å²) < 4.78 is 0. The number of aliphatic hydroxyl groups is 2. The zero-order valence-electron chi connectivity index (χ0n) is 26.0. The summed E-state index contributed by atoms with van der Waals surface area (Å²) in [6.45, 7) is 11.5. The van der Waals surface area contributed by atoms with Crippen molar-refractivity contribution in [1.29, 1.82) is 0 Å². The van der Waals surface area contributed by atoms with Crippen molar-refractivity contribution in [3.05, 3.63) is 69.3 Å². The molecule has 3 aromatic heterocycles. The van der Waals surface area contributed by atoms with E-state index in [4.69, 9.17) is 15.2 Å². The lowest BCUT2D eigenvalue weighted by molar-refractivity contribution is -0.242. The topological polar surface area (TPSA) is 165 Å². The molecule has 5 rings (SSSR count). The van der Waals surface area contributed by atoms with Crippen molar-refractivity contribution >= 4 is 50.3 Å². The molecule has 3 aromatic rings. The highest BCUT2D eigenvalue weighted by atomic mass is 17.1. The van der Waals surface area contributed by atoms with E-state index in [0.717, 1.165) is 66.8 Å². The van der Waals surface area contributed by atoms with Crippen molar-refractivity contribution in [1.82, 2.24) is 19.9 Å². The molecule has 0 radical (unpaired) electrons. The third kappa shape index (κ3) is 5.86. The Morgan fingerprint density at radius 3 is 1.73 bits per heavy atom. The van der Waals surface area contributed by atoms with Crippen LogP contribution in [0.3, 0.4) is 0 Å². The molecule has 6 N–H and O–H groups in total. The van der Waals surface area contributed by atoms with E-state index >= 15 is 0 Å². The Labute approximate surface area is 255 Å². The molecule has 2 unspecified atom stereocenters. The number of aryl methyl sites for hydroxylation is 2. The molecule has 0 fully saturated rings. The molecule has 2 aliphatic heterocycles. The van der Waals surface area contributed by atoms with Gasteiger partial charge in [-0.15, -0.1) is 0 Å². The summed E-state index contributed by atoms with van der Waals surface area (Å²) in [5, 5.41) is 40.0. The van der Waals surface area contributed by atoms with Crippen LogP contribution in [-0.4, -0.2) is 53.1 Å². The third-order valence-electron chi connectivity index (χ3n) is 8.72. The number of fused-ring (bicyclic) bond motifs is 8. The van der Waals surface area contributed by atoms with Gasteiger partial charge in [0.2, 0.25) is 0 Å². The molecular formula is C34H40N4O6. The van der Waals surface area contributed by atoms with Gasteiger partial charge in [-0.05, 0) is 118 Å². The maximum atomic E-state index is 11.6. The highest BCUT2D eigenvalue weighted by Gasteiger charge is 2.23. The van der Waals surface area contributed by atoms with Gasteiger partial charge in [0.15, 0.2) is 0 Å². The molecule has 2 aliphatic rings. The fraction of sp³-hybridized carbons (Fsp3) is 0.382. The van der Waals surface area contributed by atoms with E-state index in [1.54, 1.807) is 13.8 Å². The summed E-state index contributed by atoms with van der Waals surface area (Å²) in [6, 6.07) is 7.75. The monoisotopic (exact) mass is 600 g/mol. The van der Waals surface area contributed by atoms with Gasteiger partial charge >= 0.3 is 5.97 Å². The lowest BCUT2D eigenvalue weighted by atomic mass is 9.98. The number of hydrogen-bond donors (Lipinski definition) is 6. The molecule has 10 heteroatoms. The van der Waals surface area contributed by atoms with Gasteiger partial charge in [-0.2, -0.15) is 0 Å². The first-order valence-electron chi connectivity index (χ1n) is 14.9. The fourth-order valence-corrected chi connectivity index (χ4v) is 6.40. The second-order valence-corrected chi connectivity index (χ2v) is 11.7. The van der Waals surface area contributed by atoms with Gasteiger partial charge in [0.25, 0.3) is 0 Å². The number of aromatic amines is 2. The number of H-pyrrole nitrogens is 2. The molecule has 2 atom stereocenters. The molecule has 0 spiro atoms. The van der Waals surface area contributed by atoms with Gasteiger partial charge in [-0.3, -0.25) is 10.1 Å². The van der Waals surface area contributed by atoms with E-state index in [1.807, 2.05) is 52.0 Å². The van der Waals surface area contributed by atoms with Gasteiger partial charge in [-0.25, -0.2) is 14.9 Å². The van der Waals surface area contributed by atoms with Crippen molar-refractivity contribution in [2.24, 2.45) is 0 Å². The minimum atomic E-state index is -0.891. The van der Waals surface area contributed by atoms with E-state index in [2.05, 4.69) is 14.9 Å². The lowest BCUT2D eigenvalue weighted by Gasteiger charge is -2.06. The molecule has 0 saturated carbocycles. The molecule has 44 heavy (non-hydrogen) atoms. The van der Waals surface area contributed by atoms with Gasteiger partial charge < -0.3 is 25.3 Å². The molecule has 0 amide bonds. The first-order chi connectivity index (χ1) is 20.9. The number of rotatable bonds is 9. The molecule has 0 aromatic carbocycles. The molecule has 8 bridgehead atoms. The van der Waals surface area contributed by atoms with Crippen LogP contribution in [0.1, 0.15) is 111 Å². The van der Waals surface area contributed by atoms with E-state index < -0.39 is 18.2 Å². The maximum Gasteiger partial charge on any atom is 0.303 e. The Morgan fingerprint density at radius 2 is 1.23 bits per heavy atom. The van der Waals surface area contributed by atoms with Crippen molar-refractivity contribution in [3.63, 3.8) is 0 Å². The Hall–Kier alpha value is -4.09. The first kappa shape index (κ1) is 31.3. The SMILES string of the molecule is CC1=C(CCCOO)c2cc3nc(cc4[nH]c(cc5[nH]c(cc1n2)c(C)c5C(C)O)c(C)c4C(C)O)C(C)=C3CCC(=O)O. The number of nitrogens with one attached hydrogen (secondary N) is 2. The highest BCUT2D eigenvalue weighted by Crippen LogP contribution is 2.38. The fourth-order valence-electron chi connectivity index (χ4n) is 6.40. The summed E-state index contributed by atoms with van der Waals surface area (Å²) in [5.41, 5.74) is 12.8. The minimum Gasteiger partial charge on any atom is -0.481 e. The number of nitrogens with zero attached hydrogens (tertiary/aromatic N) is 2. The van der Waals surface area contributed by atoms with E-state index in [9.17, 15) is 20.1 Å². The van der Waals surface area contributed by atoms with Crippen LogP contribution in [0, 0.1) is 13.8 Å². The lowest BCUT2D eigenvalue weighted by Crippen LogP contribution is -1.96. The highest BCUT2D eigenvalue weighted by molar-refractivity contribution is 5.96. The van der Waals surface area contributed by atoms with Gasteiger partial charge in [0.1, 0.15) is 0 Å². The third-order valence-corrected chi connectivity index (χ3v) is 8.72. The number of hydrogen-bond acceptors (Lipinski definition) is 7. The number of allylic oxidation sites excluding steroid dienone is 4. The molecule has 10 nitrogen and oxygen atoms in total. The van der Waals surface area contributed by atoms with Crippen molar-refractivity contribution < 1.29 is 30.3 Å². The normalized spacial score (nSPS) is 14.8. The minimum absolute atomic E-state index is 0.0422. The Morgan fingerprint density at radius 1 is 0.750 bits per heavy atom. The number of aliphatic hydroxyl groups excluding tert-OH is 2. The van der Waals surface area contributed by atoms with Crippen LogP contribution in [0.15, 0.2) is 24.3 Å². The predicted molar refractivity (Wildman–Crippen MR) is 171 cm³/mol. The Kier molecular flexibility index (Phi) is 8.90. The second kappa shape index (κ2) is 12.5. The standard InChI is InChI=1S/C34H40N4O6/c1-16-22(8-7-11-44-43)28-15-29-23(9-10-32(41)42)17(2)25(36-29)13-30-34(21(6)40)19(4)27(38-30)14-31-33(20(5)39)18(3)26(37-31)12-24(16)35-28/h12-15,20-21,37-40,43H,7-11H2,1-6H3,(H,41,42). The molecule has 0 saturated heterocycles. The van der Waals surface area contributed by atoms with Gasteiger partial charge in [0.05, 0.1) is 41.6 Å². The molecule has 0 aliphatic carbocycles. The van der Waals surface area contributed by atoms with Crippen LogP contribution in [-0.2, 0) is 9.68 Å². The van der Waals surface area contributed by atoms with E-state index in [0.29, 0.717) is 41.9 Å². The average Bonchev–Trinajstić information content (AvgIpc) is 3.61. The van der Waals surface area contributed by atoms with Crippen LogP contribution in [0.4, 0.5) is 0 Å². The number of carbonyl (C=O) groups is 1. The van der Waals surface area contributed by atoms with E-state index in [1.165, 1.54) is 0 Å². The van der Waals surface area contributed by atoms with Crippen LogP contribution < -0.4 is 0 Å². The van der Waals surface area contributed by atoms with Gasteiger partial charge in [0, 0.05) is 39.6 Å². The number of aliphatic carboxylic acids is 1. The summed E-state index contributed by atoms with van der Waals surface area (Å²) in [5.74, 6) is -0.891. The Balaban J connectivity index is 1.93. The Bertz CT molecular complexity index is 1860. The van der Waals surface area contributed by atoms with Gasteiger partial charge in [-0.1, -0.05) is 0 Å². The average molecular weight is 601 g/mol.